The molecule has 2 aliphatic heterocycles. The molecule has 0 bridgehead atoms. The lowest BCUT2D eigenvalue weighted by Crippen LogP contribution is -2.56. The highest BCUT2D eigenvalue weighted by Gasteiger charge is 2.39. The van der Waals surface area contributed by atoms with Gasteiger partial charge in [-0.1, -0.05) is 30.1 Å². The molecule has 2 amide bonds. The number of nitrogens with one attached hydrogen (secondary N) is 1. The number of urea groups is 1. The summed E-state index contributed by atoms with van der Waals surface area (Å²) in [5, 5.41) is 6.74. The molecule has 3 aliphatic rings. The van der Waals surface area contributed by atoms with Crippen LogP contribution in [0.15, 0.2) is 22.7 Å². The van der Waals surface area contributed by atoms with Gasteiger partial charge in [0.1, 0.15) is 0 Å². The Morgan fingerprint density at radius 2 is 1.85 bits per heavy atom. The number of aromatic nitrogens is 2. The number of hydrogen-bond acceptors (Lipinski definition) is 6. The van der Waals surface area contributed by atoms with Crippen molar-refractivity contribution >= 4 is 6.03 Å². The van der Waals surface area contributed by atoms with Crippen molar-refractivity contribution in [1.29, 1.82) is 0 Å². The van der Waals surface area contributed by atoms with E-state index in [1.54, 1.807) is 11.0 Å². The van der Waals surface area contributed by atoms with Gasteiger partial charge in [0.25, 0.3) is 0 Å². The van der Waals surface area contributed by atoms with Crippen LogP contribution in [0.25, 0.3) is 11.4 Å². The number of fused-ring (bicyclic) bond motifs is 1. The summed E-state index contributed by atoms with van der Waals surface area (Å²) in [6.07, 6.45) is -0.554. The fourth-order valence-electron chi connectivity index (χ4n) is 4.98. The number of amides is 2. The number of alkyl halides is 3. The van der Waals surface area contributed by atoms with Gasteiger partial charge in [0.2, 0.25) is 5.82 Å². The Bertz CT molecular complexity index is 1010. The number of halogens is 3. The molecule has 0 spiro atoms. The molecule has 2 aromatic rings. The monoisotopic (exact) mass is 465 g/mol. The van der Waals surface area contributed by atoms with Gasteiger partial charge in [0.15, 0.2) is 0 Å². The molecule has 8 nitrogen and oxygen atoms in total. The van der Waals surface area contributed by atoms with Crippen molar-refractivity contribution < 1.29 is 27.2 Å². The van der Waals surface area contributed by atoms with Crippen molar-refractivity contribution in [2.75, 3.05) is 26.3 Å². The van der Waals surface area contributed by atoms with Crippen LogP contribution in [0, 0.1) is 0 Å². The van der Waals surface area contributed by atoms with Gasteiger partial charge in [-0.05, 0) is 30.0 Å². The Morgan fingerprint density at radius 1 is 1.09 bits per heavy atom. The van der Waals surface area contributed by atoms with Crippen LogP contribution in [-0.4, -0.2) is 64.4 Å². The lowest BCUT2D eigenvalue weighted by molar-refractivity contribution is -0.159. The second-order valence-corrected chi connectivity index (χ2v) is 8.82. The highest BCUT2D eigenvalue weighted by Crippen LogP contribution is 2.34. The van der Waals surface area contributed by atoms with Crippen LogP contribution in [0.3, 0.4) is 0 Å². The highest BCUT2D eigenvalue weighted by molar-refractivity contribution is 5.74. The van der Waals surface area contributed by atoms with E-state index in [9.17, 15) is 18.0 Å². The third kappa shape index (κ3) is 4.70. The first-order valence-electron chi connectivity index (χ1n) is 11.3. The standard InChI is InChI=1S/C22H26F3N5O3/c23-22(24,25)20-27-19(28-33-20)14-5-6-15-12-30(13-16(15)11-14)18-4-2-1-3-17(18)26-21(31)29-7-9-32-10-8-29/h5-6,11,17-18H,1-4,7-10,12-13H2,(H,26,31)/t17-,18-/m1/s1. The zero-order valence-electron chi connectivity index (χ0n) is 18.1. The Kier molecular flexibility index (Phi) is 6.00. The van der Waals surface area contributed by atoms with Crippen LogP contribution in [0.2, 0.25) is 0 Å². The molecule has 3 heterocycles. The maximum atomic E-state index is 12.8. The van der Waals surface area contributed by atoms with Gasteiger partial charge in [-0.25, -0.2) is 4.79 Å². The zero-order chi connectivity index (χ0) is 23.0. The molecule has 33 heavy (non-hydrogen) atoms. The summed E-state index contributed by atoms with van der Waals surface area (Å²) in [6.45, 7) is 3.75. The molecular formula is C22H26F3N5O3. The fourth-order valence-corrected chi connectivity index (χ4v) is 4.98. The Morgan fingerprint density at radius 3 is 2.61 bits per heavy atom. The van der Waals surface area contributed by atoms with Crippen molar-refractivity contribution in [2.45, 2.75) is 57.0 Å². The number of nitrogens with zero attached hydrogens (tertiary/aromatic N) is 4. The lowest BCUT2D eigenvalue weighted by atomic mass is 9.89. The highest BCUT2D eigenvalue weighted by atomic mass is 19.4. The summed E-state index contributed by atoms with van der Waals surface area (Å²) in [5.74, 6) is -1.42. The molecule has 2 atom stereocenters. The van der Waals surface area contributed by atoms with E-state index < -0.39 is 12.1 Å². The average Bonchev–Trinajstić information content (AvgIpc) is 3.47. The molecule has 2 fully saturated rings. The molecule has 0 radical (unpaired) electrons. The number of carbonyl (C=O) groups is 1. The molecule has 178 valence electrons. The molecular weight excluding hydrogens is 439 g/mol. The normalized spacial score (nSPS) is 24.0. The predicted octanol–water partition coefficient (Wildman–Crippen LogP) is 3.42. The minimum absolute atomic E-state index is 0.0354. The third-order valence-electron chi connectivity index (χ3n) is 6.69. The van der Waals surface area contributed by atoms with Gasteiger partial charge in [0.05, 0.1) is 13.2 Å². The van der Waals surface area contributed by atoms with Crippen molar-refractivity contribution in [1.82, 2.24) is 25.3 Å². The SMILES string of the molecule is O=C(N[C@@H]1CCCC[C@H]1N1Cc2ccc(-c3noc(C(F)(F)F)n3)cc2C1)N1CCOCC1. The number of ether oxygens (including phenoxy) is 1. The van der Waals surface area contributed by atoms with E-state index in [0.717, 1.165) is 43.4 Å². The van der Waals surface area contributed by atoms with Crippen LogP contribution in [0.5, 0.6) is 0 Å². The number of morpholine rings is 1. The van der Waals surface area contributed by atoms with Crippen molar-refractivity contribution in [3.8, 4) is 11.4 Å². The van der Waals surface area contributed by atoms with E-state index in [0.29, 0.717) is 38.4 Å². The molecule has 1 aliphatic carbocycles. The summed E-state index contributed by atoms with van der Waals surface area (Å²) in [5.41, 5.74) is 2.66. The molecule has 11 heteroatoms. The maximum Gasteiger partial charge on any atom is 0.471 e. The number of carbonyl (C=O) groups excluding carboxylic acids is 1. The van der Waals surface area contributed by atoms with Crippen LogP contribution >= 0.6 is 0 Å². The summed E-state index contributed by atoms with van der Waals surface area (Å²) in [6, 6.07) is 5.72. The number of benzene rings is 1. The summed E-state index contributed by atoms with van der Waals surface area (Å²) < 4.78 is 48.1. The first kappa shape index (κ1) is 22.1. The average molecular weight is 465 g/mol. The molecule has 1 saturated carbocycles. The van der Waals surface area contributed by atoms with Gasteiger partial charge in [-0.15, -0.1) is 0 Å². The number of hydrogen-bond donors (Lipinski definition) is 1. The predicted molar refractivity (Wildman–Crippen MR) is 111 cm³/mol. The first-order valence-corrected chi connectivity index (χ1v) is 11.3. The third-order valence-corrected chi connectivity index (χ3v) is 6.69. The minimum Gasteiger partial charge on any atom is -0.378 e. The van der Waals surface area contributed by atoms with Crippen LogP contribution in [0.1, 0.15) is 42.7 Å². The Labute approximate surface area is 189 Å². The zero-order valence-corrected chi connectivity index (χ0v) is 18.1. The maximum absolute atomic E-state index is 12.8. The van der Waals surface area contributed by atoms with Crippen molar-refractivity contribution in [3.63, 3.8) is 0 Å². The molecule has 1 aromatic carbocycles. The molecule has 0 unspecified atom stereocenters. The van der Waals surface area contributed by atoms with Crippen molar-refractivity contribution in [2.24, 2.45) is 0 Å². The van der Waals surface area contributed by atoms with E-state index in [4.69, 9.17) is 4.74 Å². The quantitative estimate of drug-likeness (QED) is 0.748. The van der Waals surface area contributed by atoms with Gasteiger partial charge < -0.3 is 19.5 Å². The van der Waals surface area contributed by atoms with Crippen molar-refractivity contribution in [3.05, 3.63) is 35.2 Å². The second kappa shape index (κ2) is 8.94. The fraction of sp³-hybridized carbons (Fsp3) is 0.591. The van der Waals surface area contributed by atoms with Crippen LogP contribution in [0.4, 0.5) is 18.0 Å². The van der Waals surface area contributed by atoms with Gasteiger partial charge >= 0.3 is 18.1 Å². The van der Waals surface area contributed by atoms with Gasteiger partial charge in [-0.3, -0.25) is 4.90 Å². The van der Waals surface area contributed by atoms with Gasteiger partial charge in [-0.2, -0.15) is 18.2 Å². The molecule has 1 aromatic heterocycles. The number of rotatable bonds is 3. The topological polar surface area (TPSA) is 83.7 Å². The molecule has 5 rings (SSSR count). The van der Waals surface area contributed by atoms with E-state index in [-0.39, 0.29) is 23.9 Å². The smallest absolute Gasteiger partial charge is 0.378 e. The molecule has 1 saturated heterocycles. The lowest BCUT2D eigenvalue weighted by Gasteiger charge is -2.39. The first-order chi connectivity index (χ1) is 15.9. The Hall–Kier alpha value is -2.66. The van der Waals surface area contributed by atoms with E-state index in [1.165, 1.54) is 0 Å². The second-order valence-electron chi connectivity index (χ2n) is 8.82. The summed E-state index contributed by atoms with van der Waals surface area (Å²) >= 11 is 0. The minimum atomic E-state index is -4.67. The Balaban J connectivity index is 1.28. The van der Waals surface area contributed by atoms with E-state index >= 15 is 0 Å². The van der Waals surface area contributed by atoms with E-state index in [1.807, 2.05) is 12.1 Å². The van der Waals surface area contributed by atoms with Gasteiger partial charge in [0, 0.05) is 43.8 Å². The van der Waals surface area contributed by atoms with Crippen LogP contribution in [-0.2, 0) is 24.0 Å². The summed E-state index contributed by atoms with van der Waals surface area (Å²) in [7, 11) is 0. The largest absolute Gasteiger partial charge is 0.471 e. The molecule has 1 N–H and O–H groups in total. The van der Waals surface area contributed by atoms with E-state index in [2.05, 4.69) is 24.9 Å². The summed E-state index contributed by atoms with van der Waals surface area (Å²) in [4.78, 5) is 20.4. The van der Waals surface area contributed by atoms with Crippen LogP contribution < -0.4 is 5.32 Å².